The number of hydrogen-bond donors (Lipinski definition) is 2. The number of benzene rings is 1. The molecule has 5 heteroatoms. The third-order valence-electron chi connectivity index (χ3n) is 2.30. The van der Waals surface area contributed by atoms with Crippen molar-refractivity contribution in [1.29, 1.82) is 0 Å². The number of ether oxygens (including phenoxy) is 2. The van der Waals surface area contributed by atoms with Crippen molar-refractivity contribution in [3.63, 3.8) is 0 Å². The lowest BCUT2D eigenvalue weighted by Crippen LogP contribution is -2.14. The smallest absolute Gasteiger partial charge is 0.340 e. The topological polar surface area (TPSA) is 73.6 Å². The molecule has 0 fully saturated rings. The summed E-state index contributed by atoms with van der Waals surface area (Å²) in [7, 11) is 0. The second-order valence-electron chi connectivity index (χ2n) is 3.65. The first-order chi connectivity index (χ1) is 8.69. The first-order valence-corrected chi connectivity index (χ1v) is 6.07. The average molecular weight is 252 g/mol. The van der Waals surface area contributed by atoms with E-state index in [1.165, 1.54) is 0 Å². The van der Waals surface area contributed by atoms with Gasteiger partial charge in [-0.05, 0) is 32.0 Å². The summed E-state index contributed by atoms with van der Waals surface area (Å²) in [6.07, 6.45) is 0. The molecule has 0 saturated heterocycles. The normalized spacial score (nSPS) is 10.1. The molecule has 0 bridgehead atoms. The monoisotopic (exact) mass is 252 g/mol. The van der Waals surface area contributed by atoms with Crippen LogP contribution in [0.15, 0.2) is 18.2 Å². The van der Waals surface area contributed by atoms with E-state index in [0.717, 1.165) is 0 Å². The number of nitrogens with two attached hydrogens (primary N) is 1. The van der Waals surface area contributed by atoms with Crippen molar-refractivity contribution in [2.75, 3.05) is 37.4 Å². The molecule has 5 nitrogen and oxygen atoms in total. The van der Waals surface area contributed by atoms with Crippen LogP contribution in [0.2, 0.25) is 0 Å². The van der Waals surface area contributed by atoms with Crippen molar-refractivity contribution < 1.29 is 14.3 Å². The highest BCUT2D eigenvalue weighted by Crippen LogP contribution is 2.19. The van der Waals surface area contributed by atoms with E-state index >= 15 is 0 Å². The van der Waals surface area contributed by atoms with Crippen molar-refractivity contribution >= 4 is 17.3 Å². The Morgan fingerprint density at radius 2 is 2.11 bits per heavy atom. The number of nitrogens with one attached hydrogen (secondary N) is 1. The predicted molar refractivity (Wildman–Crippen MR) is 71.8 cm³/mol. The third kappa shape index (κ3) is 4.25. The van der Waals surface area contributed by atoms with Crippen LogP contribution in [0.25, 0.3) is 0 Å². The van der Waals surface area contributed by atoms with Crippen LogP contribution < -0.4 is 11.1 Å². The minimum atomic E-state index is -0.372. The van der Waals surface area contributed by atoms with Crippen LogP contribution >= 0.6 is 0 Å². The quantitative estimate of drug-likeness (QED) is 0.440. The van der Waals surface area contributed by atoms with Crippen molar-refractivity contribution in [3.05, 3.63) is 23.8 Å². The van der Waals surface area contributed by atoms with E-state index in [9.17, 15) is 4.79 Å². The van der Waals surface area contributed by atoms with Gasteiger partial charge in [-0.25, -0.2) is 4.79 Å². The number of anilines is 2. The van der Waals surface area contributed by atoms with E-state index in [1.807, 2.05) is 6.92 Å². The van der Waals surface area contributed by atoms with Gasteiger partial charge in [0.25, 0.3) is 0 Å². The predicted octanol–water partition coefficient (Wildman–Crippen LogP) is 1.89. The highest BCUT2D eigenvalue weighted by Gasteiger charge is 2.12. The molecule has 0 radical (unpaired) electrons. The number of nitrogen functional groups attached to an aromatic ring is 1. The molecule has 1 aromatic carbocycles. The van der Waals surface area contributed by atoms with Crippen molar-refractivity contribution in [3.8, 4) is 0 Å². The molecule has 0 heterocycles. The van der Waals surface area contributed by atoms with E-state index in [0.29, 0.717) is 43.3 Å². The molecule has 0 unspecified atom stereocenters. The van der Waals surface area contributed by atoms with Crippen molar-refractivity contribution in [2.45, 2.75) is 13.8 Å². The van der Waals surface area contributed by atoms with Gasteiger partial charge in [0.2, 0.25) is 0 Å². The lowest BCUT2D eigenvalue weighted by Gasteiger charge is -2.12. The molecule has 1 rings (SSSR count). The van der Waals surface area contributed by atoms with E-state index in [1.54, 1.807) is 25.1 Å². The number of esters is 1. The molecule has 0 amide bonds. The van der Waals surface area contributed by atoms with E-state index in [2.05, 4.69) is 5.32 Å². The minimum absolute atomic E-state index is 0.339. The Hall–Kier alpha value is -1.75. The van der Waals surface area contributed by atoms with Gasteiger partial charge >= 0.3 is 5.97 Å². The first-order valence-electron chi connectivity index (χ1n) is 6.07. The molecule has 0 aliphatic rings. The summed E-state index contributed by atoms with van der Waals surface area (Å²) in [5.41, 5.74) is 7.38. The summed E-state index contributed by atoms with van der Waals surface area (Å²) >= 11 is 0. The molecule has 0 aliphatic carbocycles. The van der Waals surface area contributed by atoms with Gasteiger partial charge in [-0.2, -0.15) is 0 Å². The van der Waals surface area contributed by atoms with Crippen LogP contribution in [0, 0.1) is 0 Å². The van der Waals surface area contributed by atoms with Gasteiger partial charge in [0, 0.05) is 24.5 Å². The van der Waals surface area contributed by atoms with Gasteiger partial charge in [0.15, 0.2) is 0 Å². The van der Waals surface area contributed by atoms with E-state index < -0.39 is 0 Å². The lowest BCUT2D eigenvalue weighted by molar-refractivity contribution is 0.0527. The largest absolute Gasteiger partial charge is 0.462 e. The molecule has 0 saturated carbocycles. The van der Waals surface area contributed by atoms with Gasteiger partial charge in [-0.1, -0.05) is 0 Å². The third-order valence-corrected chi connectivity index (χ3v) is 2.30. The van der Waals surface area contributed by atoms with Crippen molar-refractivity contribution in [2.24, 2.45) is 0 Å². The van der Waals surface area contributed by atoms with Gasteiger partial charge < -0.3 is 20.5 Å². The SMILES string of the molecule is CCOCCNc1ccc(N)cc1C(=O)OCC. The molecule has 1 aromatic rings. The molecular formula is C13H20N2O3. The number of carbonyl (C=O) groups excluding carboxylic acids is 1. The van der Waals surface area contributed by atoms with Crippen molar-refractivity contribution in [1.82, 2.24) is 0 Å². The number of rotatable bonds is 7. The molecule has 100 valence electrons. The van der Waals surface area contributed by atoms with E-state index in [-0.39, 0.29) is 5.97 Å². The van der Waals surface area contributed by atoms with E-state index in [4.69, 9.17) is 15.2 Å². The van der Waals surface area contributed by atoms with Crippen LogP contribution in [-0.2, 0) is 9.47 Å². The Morgan fingerprint density at radius 3 is 2.78 bits per heavy atom. The highest BCUT2D eigenvalue weighted by atomic mass is 16.5. The van der Waals surface area contributed by atoms with Gasteiger partial charge in [0.05, 0.1) is 18.8 Å². The zero-order chi connectivity index (χ0) is 13.4. The zero-order valence-corrected chi connectivity index (χ0v) is 10.9. The summed E-state index contributed by atoms with van der Waals surface area (Å²) in [5, 5.41) is 3.13. The maximum atomic E-state index is 11.8. The Balaban J connectivity index is 2.73. The number of carbonyl (C=O) groups is 1. The fourth-order valence-corrected chi connectivity index (χ4v) is 1.50. The maximum Gasteiger partial charge on any atom is 0.340 e. The molecule has 0 aromatic heterocycles. The maximum absolute atomic E-state index is 11.8. The molecule has 0 spiro atoms. The summed E-state index contributed by atoms with van der Waals surface area (Å²) in [5.74, 6) is -0.372. The lowest BCUT2D eigenvalue weighted by atomic mass is 10.1. The Labute approximate surface area is 107 Å². The molecule has 3 N–H and O–H groups in total. The summed E-state index contributed by atoms with van der Waals surface area (Å²) < 4.78 is 10.2. The highest BCUT2D eigenvalue weighted by molar-refractivity contribution is 5.96. The summed E-state index contributed by atoms with van der Waals surface area (Å²) in [6, 6.07) is 5.13. The Kier molecular flexibility index (Phi) is 6.00. The average Bonchev–Trinajstić information content (AvgIpc) is 2.36. The van der Waals surface area contributed by atoms with Gasteiger partial charge in [-0.3, -0.25) is 0 Å². The van der Waals surface area contributed by atoms with Crippen LogP contribution in [0.4, 0.5) is 11.4 Å². The molecule has 0 aliphatic heterocycles. The summed E-state index contributed by atoms with van der Waals surface area (Å²) in [4.78, 5) is 11.8. The fourth-order valence-electron chi connectivity index (χ4n) is 1.50. The second kappa shape index (κ2) is 7.55. The van der Waals surface area contributed by atoms with Crippen LogP contribution in [0.3, 0.4) is 0 Å². The zero-order valence-electron chi connectivity index (χ0n) is 10.9. The Morgan fingerprint density at radius 1 is 1.33 bits per heavy atom. The fraction of sp³-hybridized carbons (Fsp3) is 0.462. The number of hydrogen-bond acceptors (Lipinski definition) is 5. The Bertz CT molecular complexity index is 394. The van der Waals surface area contributed by atoms with Crippen LogP contribution in [0.5, 0.6) is 0 Å². The molecule has 0 atom stereocenters. The molecular weight excluding hydrogens is 232 g/mol. The van der Waals surface area contributed by atoms with Gasteiger partial charge in [0.1, 0.15) is 0 Å². The second-order valence-corrected chi connectivity index (χ2v) is 3.65. The molecule has 18 heavy (non-hydrogen) atoms. The standard InChI is InChI=1S/C13H20N2O3/c1-3-17-8-7-15-12-6-5-10(14)9-11(12)13(16)18-4-2/h5-6,9,15H,3-4,7-8,14H2,1-2H3. The summed E-state index contributed by atoms with van der Waals surface area (Å²) in [6.45, 7) is 5.94. The minimum Gasteiger partial charge on any atom is -0.462 e. The van der Waals surface area contributed by atoms with Crippen LogP contribution in [0.1, 0.15) is 24.2 Å². The first kappa shape index (κ1) is 14.3. The van der Waals surface area contributed by atoms with Gasteiger partial charge in [-0.15, -0.1) is 0 Å². The van der Waals surface area contributed by atoms with Crippen LogP contribution in [-0.4, -0.2) is 32.3 Å².